The van der Waals surface area contributed by atoms with Gasteiger partial charge in [0.05, 0.1) is 7.11 Å². The first-order valence-electron chi connectivity index (χ1n) is 3.78. The topological polar surface area (TPSA) is 77.2 Å². The van der Waals surface area contributed by atoms with Gasteiger partial charge in [0.25, 0.3) is 0 Å². The van der Waals surface area contributed by atoms with Crippen LogP contribution in [0.2, 0.25) is 0 Å². The molecule has 0 bridgehead atoms. The van der Waals surface area contributed by atoms with E-state index in [2.05, 4.69) is 20.2 Å². The second-order valence-corrected chi connectivity index (χ2v) is 2.54. The first kappa shape index (κ1) is 9.50. The molecule has 0 saturated carbocycles. The smallest absolute Gasteiger partial charge is 0.407 e. The van der Waals surface area contributed by atoms with Crippen LogP contribution in [0.4, 0.5) is 4.79 Å². The van der Waals surface area contributed by atoms with Gasteiger partial charge in [-0.2, -0.15) is 4.98 Å². The highest BCUT2D eigenvalue weighted by Crippen LogP contribution is 2.08. The van der Waals surface area contributed by atoms with Crippen LogP contribution in [0.1, 0.15) is 24.7 Å². The molecule has 0 aliphatic carbocycles. The highest BCUT2D eigenvalue weighted by atomic mass is 16.5. The van der Waals surface area contributed by atoms with Crippen molar-refractivity contribution in [2.24, 2.45) is 0 Å². The molecular formula is C7H11N3O3. The molecule has 0 aromatic carbocycles. The minimum Gasteiger partial charge on any atom is -0.453 e. The zero-order valence-electron chi connectivity index (χ0n) is 7.70. The van der Waals surface area contributed by atoms with E-state index in [-0.39, 0.29) is 6.04 Å². The molecule has 1 amide bonds. The van der Waals surface area contributed by atoms with Crippen LogP contribution in [0, 0.1) is 6.92 Å². The van der Waals surface area contributed by atoms with Gasteiger partial charge in [-0.3, -0.25) is 0 Å². The molecular weight excluding hydrogens is 174 g/mol. The van der Waals surface area contributed by atoms with Crippen LogP contribution < -0.4 is 5.32 Å². The summed E-state index contributed by atoms with van der Waals surface area (Å²) in [6, 6.07) is -0.339. The van der Waals surface area contributed by atoms with Gasteiger partial charge in [-0.15, -0.1) is 0 Å². The van der Waals surface area contributed by atoms with Crippen molar-refractivity contribution in [2.45, 2.75) is 19.9 Å². The lowest BCUT2D eigenvalue weighted by atomic mass is 10.3. The highest BCUT2D eigenvalue weighted by molar-refractivity contribution is 5.67. The van der Waals surface area contributed by atoms with Crippen LogP contribution in [0.5, 0.6) is 0 Å². The van der Waals surface area contributed by atoms with Crippen molar-refractivity contribution >= 4 is 6.09 Å². The molecule has 1 unspecified atom stereocenters. The maximum absolute atomic E-state index is 10.8. The van der Waals surface area contributed by atoms with Gasteiger partial charge in [-0.05, 0) is 13.8 Å². The van der Waals surface area contributed by atoms with E-state index in [1.165, 1.54) is 7.11 Å². The Morgan fingerprint density at radius 3 is 2.85 bits per heavy atom. The summed E-state index contributed by atoms with van der Waals surface area (Å²) in [7, 11) is 1.29. The van der Waals surface area contributed by atoms with E-state index >= 15 is 0 Å². The molecule has 0 fully saturated rings. The number of carbonyl (C=O) groups is 1. The number of aryl methyl sites for hydroxylation is 1. The molecule has 1 rings (SSSR count). The number of amides is 1. The molecule has 0 radical (unpaired) electrons. The lowest BCUT2D eigenvalue weighted by Crippen LogP contribution is -2.26. The Labute approximate surface area is 75.3 Å². The summed E-state index contributed by atoms with van der Waals surface area (Å²) in [6.07, 6.45) is -0.525. The van der Waals surface area contributed by atoms with Gasteiger partial charge in [-0.1, -0.05) is 5.16 Å². The number of rotatable bonds is 2. The Kier molecular flexibility index (Phi) is 2.84. The van der Waals surface area contributed by atoms with Crippen molar-refractivity contribution in [3.63, 3.8) is 0 Å². The van der Waals surface area contributed by atoms with Crippen molar-refractivity contribution in [2.75, 3.05) is 7.11 Å². The highest BCUT2D eigenvalue weighted by Gasteiger charge is 2.14. The summed E-state index contributed by atoms with van der Waals surface area (Å²) in [5.74, 6) is 0.899. The van der Waals surface area contributed by atoms with Crippen molar-refractivity contribution < 1.29 is 14.1 Å². The summed E-state index contributed by atoms with van der Waals surface area (Å²) in [6.45, 7) is 3.43. The van der Waals surface area contributed by atoms with E-state index in [1.807, 2.05) is 0 Å². The fourth-order valence-corrected chi connectivity index (χ4v) is 0.786. The van der Waals surface area contributed by atoms with Crippen LogP contribution >= 0.6 is 0 Å². The van der Waals surface area contributed by atoms with Gasteiger partial charge >= 0.3 is 6.09 Å². The Morgan fingerprint density at radius 2 is 2.38 bits per heavy atom. The van der Waals surface area contributed by atoms with Gasteiger partial charge in [0.15, 0.2) is 5.82 Å². The van der Waals surface area contributed by atoms with Crippen LogP contribution in [0.3, 0.4) is 0 Å². The summed E-state index contributed by atoms with van der Waals surface area (Å²) < 4.78 is 9.25. The lowest BCUT2D eigenvalue weighted by molar-refractivity contribution is 0.165. The summed E-state index contributed by atoms with van der Waals surface area (Å²) in [5, 5.41) is 6.09. The molecule has 0 saturated heterocycles. The minimum absolute atomic E-state index is 0.339. The van der Waals surface area contributed by atoms with Crippen molar-refractivity contribution in [1.29, 1.82) is 0 Å². The molecule has 6 heteroatoms. The fourth-order valence-electron chi connectivity index (χ4n) is 0.786. The second kappa shape index (κ2) is 3.88. The number of hydrogen-bond donors (Lipinski definition) is 1. The molecule has 0 aliphatic rings. The monoisotopic (exact) mass is 185 g/mol. The van der Waals surface area contributed by atoms with Crippen LogP contribution in [-0.2, 0) is 4.74 Å². The summed E-state index contributed by atoms with van der Waals surface area (Å²) >= 11 is 0. The Morgan fingerprint density at radius 1 is 1.69 bits per heavy atom. The molecule has 6 nitrogen and oxygen atoms in total. The predicted octanol–water partition coefficient (Wildman–Crippen LogP) is 0.795. The molecule has 13 heavy (non-hydrogen) atoms. The summed E-state index contributed by atoms with van der Waals surface area (Å²) in [5.41, 5.74) is 0. The zero-order valence-corrected chi connectivity index (χ0v) is 7.70. The molecule has 72 valence electrons. The van der Waals surface area contributed by atoms with Crippen molar-refractivity contribution in [1.82, 2.24) is 15.5 Å². The molecule has 0 spiro atoms. The fraction of sp³-hybridized carbons (Fsp3) is 0.571. The number of methoxy groups -OCH3 is 1. The minimum atomic E-state index is -0.525. The van der Waals surface area contributed by atoms with Gasteiger partial charge in [0, 0.05) is 0 Å². The molecule has 0 aliphatic heterocycles. The standard InChI is InChI=1S/C7H11N3O3/c1-4(8-7(11)12-3)6-9-5(2)10-13-6/h4H,1-3H3,(H,8,11). The number of hydrogen-bond acceptors (Lipinski definition) is 5. The Bertz CT molecular complexity index is 297. The number of carbonyl (C=O) groups excluding carboxylic acids is 1. The van der Waals surface area contributed by atoms with Crippen molar-refractivity contribution in [3.8, 4) is 0 Å². The van der Waals surface area contributed by atoms with Crippen LogP contribution in [0.15, 0.2) is 4.52 Å². The molecule has 1 atom stereocenters. The number of nitrogens with one attached hydrogen (secondary N) is 1. The van der Waals surface area contributed by atoms with Gasteiger partial charge in [0.1, 0.15) is 6.04 Å². The quantitative estimate of drug-likeness (QED) is 0.737. The maximum atomic E-state index is 10.8. The molecule has 1 aromatic rings. The van der Waals surface area contributed by atoms with E-state index in [9.17, 15) is 4.79 Å². The lowest BCUT2D eigenvalue weighted by Gasteiger charge is -2.07. The third-order valence-electron chi connectivity index (χ3n) is 1.43. The van der Waals surface area contributed by atoms with Crippen LogP contribution in [0.25, 0.3) is 0 Å². The van der Waals surface area contributed by atoms with E-state index in [0.717, 1.165) is 0 Å². The van der Waals surface area contributed by atoms with Gasteiger partial charge in [-0.25, -0.2) is 4.79 Å². The number of ether oxygens (including phenoxy) is 1. The summed E-state index contributed by atoms with van der Waals surface area (Å²) in [4.78, 5) is 14.7. The predicted molar refractivity (Wildman–Crippen MR) is 43.0 cm³/mol. The van der Waals surface area contributed by atoms with Gasteiger partial charge in [0.2, 0.25) is 5.89 Å². The number of nitrogens with zero attached hydrogens (tertiary/aromatic N) is 2. The Balaban J connectivity index is 2.58. The van der Waals surface area contributed by atoms with Crippen molar-refractivity contribution in [3.05, 3.63) is 11.7 Å². The Hall–Kier alpha value is -1.59. The third-order valence-corrected chi connectivity index (χ3v) is 1.43. The first-order chi connectivity index (χ1) is 6.13. The van der Waals surface area contributed by atoms with E-state index in [4.69, 9.17) is 4.52 Å². The van der Waals surface area contributed by atoms with E-state index in [1.54, 1.807) is 13.8 Å². The largest absolute Gasteiger partial charge is 0.453 e. The van der Waals surface area contributed by atoms with Gasteiger partial charge < -0.3 is 14.6 Å². The molecule has 1 heterocycles. The zero-order chi connectivity index (χ0) is 9.84. The second-order valence-electron chi connectivity index (χ2n) is 2.54. The average molecular weight is 185 g/mol. The normalized spacial score (nSPS) is 12.2. The van der Waals surface area contributed by atoms with Crippen LogP contribution in [-0.4, -0.2) is 23.3 Å². The molecule has 1 N–H and O–H groups in total. The van der Waals surface area contributed by atoms with E-state index in [0.29, 0.717) is 11.7 Å². The average Bonchev–Trinajstić information content (AvgIpc) is 2.51. The SMILES string of the molecule is COC(=O)NC(C)c1nc(C)no1. The maximum Gasteiger partial charge on any atom is 0.407 e. The third kappa shape index (κ3) is 2.43. The molecule has 1 aromatic heterocycles. The first-order valence-corrected chi connectivity index (χ1v) is 3.78. The number of alkyl carbamates (subject to hydrolysis) is 1. The number of aromatic nitrogens is 2. The van der Waals surface area contributed by atoms with E-state index < -0.39 is 6.09 Å².